The first-order chi connectivity index (χ1) is 10.2. The molecule has 1 unspecified atom stereocenters. The third-order valence-electron chi connectivity index (χ3n) is 4.85. The van der Waals surface area contributed by atoms with Gasteiger partial charge >= 0.3 is 0 Å². The zero-order chi connectivity index (χ0) is 14.7. The van der Waals surface area contributed by atoms with Gasteiger partial charge in [0.05, 0.1) is 12.7 Å². The van der Waals surface area contributed by atoms with E-state index >= 15 is 0 Å². The lowest BCUT2D eigenvalue weighted by atomic mass is 9.81. The van der Waals surface area contributed by atoms with Crippen molar-refractivity contribution >= 4 is 5.78 Å². The molecule has 0 bridgehead atoms. The second-order valence-electron chi connectivity index (χ2n) is 6.28. The highest BCUT2D eigenvalue weighted by molar-refractivity contribution is 5.83. The van der Waals surface area contributed by atoms with E-state index in [1.165, 1.54) is 12.8 Å². The SMILES string of the molecule is COc1ccc(CC(=O)C2CCOC3(CCCC3)C2)cn1. The number of hydrogen-bond donors (Lipinski definition) is 0. The zero-order valence-electron chi connectivity index (χ0n) is 12.6. The molecule has 1 aliphatic heterocycles. The number of carbonyl (C=O) groups excluding carboxylic acids is 1. The quantitative estimate of drug-likeness (QED) is 0.855. The first-order valence-corrected chi connectivity index (χ1v) is 7.86. The number of aromatic nitrogens is 1. The predicted molar refractivity (Wildman–Crippen MR) is 79.4 cm³/mol. The van der Waals surface area contributed by atoms with E-state index in [1.54, 1.807) is 13.3 Å². The van der Waals surface area contributed by atoms with Crippen molar-refractivity contribution < 1.29 is 14.3 Å². The molecule has 1 aromatic heterocycles. The van der Waals surface area contributed by atoms with E-state index in [4.69, 9.17) is 9.47 Å². The number of methoxy groups -OCH3 is 1. The molecule has 1 spiro atoms. The van der Waals surface area contributed by atoms with E-state index in [1.807, 2.05) is 12.1 Å². The van der Waals surface area contributed by atoms with Gasteiger partial charge in [-0.05, 0) is 31.2 Å². The van der Waals surface area contributed by atoms with E-state index in [0.29, 0.717) is 18.1 Å². The van der Waals surface area contributed by atoms with Crippen LogP contribution in [0.4, 0.5) is 0 Å². The Balaban J connectivity index is 1.61. The Hall–Kier alpha value is -1.42. The summed E-state index contributed by atoms with van der Waals surface area (Å²) in [7, 11) is 1.59. The van der Waals surface area contributed by atoms with Crippen molar-refractivity contribution in [3.8, 4) is 5.88 Å². The van der Waals surface area contributed by atoms with Crippen LogP contribution in [0.5, 0.6) is 5.88 Å². The van der Waals surface area contributed by atoms with Crippen molar-refractivity contribution in [3.05, 3.63) is 23.9 Å². The van der Waals surface area contributed by atoms with Crippen LogP contribution >= 0.6 is 0 Å². The predicted octanol–water partition coefficient (Wildman–Crippen LogP) is 2.94. The smallest absolute Gasteiger partial charge is 0.212 e. The highest BCUT2D eigenvalue weighted by atomic mass is 16.5. The van der Waals surface area contributed by atoms with E-state index in [-0.39, 0.29) is 11.5 Å². The molecule has 1 saturated carbocycles. The lowest BCUT2D eigenvalue weighted by molar-refractivity contribution is -0.135. The lowest BCUT2D eigenvalue weighted by Gasteiger charge is -2.37. The third kappa shape index (κ3) is 3.26. The molecule has 2 heterocycles. The van der Waals surface area contributed by atoms with Crippen molar-refractivity contribution in [3.63, 3.8) is 0 Å². The molecular weight excluding hydrogens is 266 g/mol. The number of Topliss-reactive ketones (excluding diaryl/α,β-unsaturated/α-hetero) is 1. The van der Waals surface area contributed by atoms with Crippen molar-refractivity contribution in [2.24, 2.45) is 5.92 Å². The molecule has 21 heavy (non-hydrogen) atoms. The molecule has 1 aromatic rings. The summed E-state index contributed by atoms with van der Waals surface area (Å²) in [5.41, 5.74) is 0.976. The molecule has 1 aliphatic carbocycles. The van der Waals surface area contributed by atoms with Gasteiger partial charge in [0, 0.05) is 31.2 Å². The Labute approximate surface area is 125 Å². The minimum atomic E-state index is 0.0106. The molecule has 0 N–H and O–H groups in total. The first-order valence-electron chi connectivity index (χ1n) is 7.86. The molecular formula is C17H23NO3. The van der Waals surface area contributed by atoms with Gasteiger partial charge in [-0.3, -0.25) is 4.79 Å². The molecule has 0 aromatic carbocycles. The maximum absolute atomic E-state index is 12.5. The molecule has 3 rings (SSSR count). The van der Waals surface area contributed by atoms with Gasteiger partial charge in [-0.1, -0.05) is 18.9 Å². The van der Waals surface area contributed by atoms with Crippen LogP contribution in [0.15, 0.2) is 18.3 Å². The molecule has 2 fully saturated rings. The summed E-state index contributed by atoms with van der Waals surface area (Å²) in [6, 6.07) is 3.74. The van der Waals surface area contributed by atoms with E-state index < -0.39 is 0 Å². The summed E-state index contributed by atoms with van der Waals surface area (Å²) in [5, 5.41) is 0. The minimum absolute atomic E-state index is 0.0106. The van der Waals surface area contributed by atoms with Gasteiger partial charge < -0.3 is 9.47 Å². The fraction of sp³-hybridized carbons (Fsp3) is 0.647. The summed E-state index contributed by atoms with van der Waals surface area (Å²) >= 11 is 0. The van der Waals surface area contributed by atoms with Gasteiger partial charge in [0.2, 0.25) is 5.88 Å². The summed E-state index contributed by atoms with van der Waals surface area (Å²) in [6.07, 6.45) is 8.72. The molecule has 0 amide bonds. The van der Waals surface area contributed by atoms with Gasteiger partial charge in [-0.2, -0.15) is 0 Å². The van der Waals surface area contributed by atoms with Gasteiger partial charge in [0.1, 0.15) is 5.78 Å². The van der Waals surface area contributed by atoms with Crippen LogP contribution < -0.4 is 4.74 Å². The third-order valence-corrected chi connectivity index (χ3v) is 4.85. The minimum Gasteiger partial charge on any atom is -0.481 e. The van der Waals surface area contributed by atoms with Crippen LogP contribution in [0, 0.1) is 5.92 Å². The maximum Gasteiger partial charge on any atom is 0.212 e. The van der Waals surface area contributed by atoms with Crippen LogP contribution in [-0.2, 0) is 16.0 Å². The van der Waals surface area contributed by atoms with Crippen LogP contribution in [0.3, 0.4) is 0 Å². The average molecular weight is 289 g/mol. The Kier molecular flexibility index (Phi) is 4.24. The maximum atomic E-state index is 12.5. The van der Waals surface area contributed by atoms with E-state index in [2.05, 4.69) is 4.98 Å². The summed E-state index contributed by atoms with van der Waals surface area (Å²) in [4.78, 5) is 16.7. The lowest BCUT2D eigenvalue weighted by Crippen LogP contribution is -2.40. The summed E-state index contributed by atoms with van der Waals surface area (Å²) in [5.74, 6) is 1.07. The van der Waals surface area contributed by atoms with Gasteiger partial charge in [0.15, 0.2) is 0 Å². The molecule has 4 heteroatoms. The van der Waals surface area contributed by atoms with Crippen LogP contribution in [0.1, 0.15) is 44.1 Å². The fourth-order valence-electron chi connectivity index (χ4n) is 3.65. The Bertz CT molecular complexity index is 491. The summed E-state index contributed by atoms with van der Waals surface area (Å²) < 4.78 is 11.0. The van der Waals surface area contributed by atoms with E-state index in [9.17, 15) is 4.79 Å². The Morgan fingerprint density at radius 3 is 2.90 bits per heavy atom. The van der Waals surface area contributed by atoms with Crippen molar-refractivity contribution in [1.29, 1.82) is 0 Å². The van der Waals surface area contributed by atoms with Crippen molar-refractivity contribution in [2.45, 2.75) is 50.5 Å². The number of carbonyl (C=O) groups is 1. The van der Waals surface area contributed by atoms with Gasteiger partial charge in [-0.15, -0.1) is 0 Å². The van der Waals surface area contributed by atoms with Gasteiger partial charge in [-0.25, -0.2) is 4.98 Å². The normalized spacial score (nSPS) is 24.1. The fourth-order valence-corrected chi connectivity index (χ4v) is 3.65. The molecule has 2 aliphatic rings. The number of pyridine rings is 1. The van der Waals surface area contributed by atoms with Crippen molar-refractivity contribution in [2.75, 3.05) is 13.7 Å². The van der Waals surface area contributed by atoms with Gasteiger partial charge in [0.25, 0.3) is 0 Å². The molecule has 0 radical (unpaired) electrons. The highest BCUT2D eigenvalue weighted by Crippen LogP contribution is 2.42. The number of ether oxygens (including phenoxy) is 2. The standard InChI is InChI=1S/C17H23NO3/c1-20-16-5-4-13(12-18-16)10-15(19)14-6-9-21-17(11-14)7-2-3-8-17/h4-5,12,14H,2-3,6-11H2,1H3. The number of ketones is 1. The van der Waals surface area contributed by atoms with E-state index in [0.717, 1.165) is 37.9 Å². The Morgan fingerprint density at radius 1 is 1.43 bits per heavy atom. The molecule has 1 saturated heterocycles. The Morgan fingerprint density at radius 2 is 2.24 bits per heavy atom. The van der Waals surface area contributed by atoms with Crippen LogP contribution in [0.2, 0.25) is 0 Å². The number of nitrogens with zero attached hydrogens (tertiary/aromatic N) is 1. The monoisotopic (exact) mass is 289 g/mol. The summed E-state index contributed by atoms with van der Waals surface area (Å²) in [6.45, 7) is 0.733. The molecule has 1 atom stereocenters. The second-order valence-corrected chi connectivity index (χ2v) is 6.28. The average Bonchev–Trinajstić information content (AvgIpc) is 2.96. The zero-order valence-corrected chi connectivity index (χ0v) is 12.6. The number of hydrogen-bond acceptors (Lipinski definition) is 4. The second kappa shape index (κ2) is 6.14. The first kappa shape index (κ1) is 14.5. The van der Waals surface area contributed by atoms with Crippen LogP contribution in [-0.4, -0.2) is 30.1 Å². The largest absolute Gasteiger partial charge is 0.481 e. The molecule has 114 valence electrons. The topological polar surface area (TPSA) is 48.4 Å². The number of rotatable bonds is 4. The van der Waals surface area contributed by atoms with Crippen molar-refractivity contribution in [1.82, 2.24) is 4.98 Å². The van der Waals surface area contributed by atoms with Crippen LogP contribution in [0.25, 0.3) is 0 Å². The molecule has 4 nitrogen and oxygen atoms in total. The highest BCUT2D eigenvalue weighted by Gasteiger charge is 2.41.